The van der Waals surface area contributed by atoms with Crippen LogP contribution in [-0.4, -0.2) is 30.2 Å². The summed E-state index contributed by atoms with van der Waals surface area (Å²) >= 11 is 0. The molecule has 1 saturated heterocycles. The van der Waals surface area contributed by atoms with Gasteiger partial charge in [-0.2, -0.15) is 0 Å². The van der Waals surface area contributed by atoms with Crippen molar-refractivity contribution >= 4 is 0 Å². The molecule has 0 aromatic rings. The number of fused-ring (bicyclic) bond motifs is 2. The van der Waals surface area contributed by atoms with Gasteiger partial charge in [-0.05, 0) is 44.6 Å². The maximum atomic E-state index is 2.58. The van der Waals surface area contributed by atoms with E-state index in [2.05, 4.69) is 20.9 Å². The molecule has 0 radical (unpaired) electrons. The zero-order valence-corrected chi connectivity index (χ0v) is 11.9. The molecule has 0 aromatic carbocycles. The molecule has 2 aliphatic heterocycles. The molecule has 0 N–H and O–H groups in total. The Kier molecular flexibility index (Phi) is 2.66. The fourth-order valence-electron chi connectivity index (χ4n) is 4.88. The quantitative estimate of drug-likeness (QED) is 0.477. The van der Waals surface area contributed by atoms with E-state index in [4.69, 9.17) is 0 Å². The van der Waals surface area contributed by atoms with E-state index >= 15 is 0 Å². The second kappa shape index (κ2) is 3.85. The van der Waals surface area contributed by atoms with Crippen LogP contribution in [0.25, 0.3) is 0 Å². The fraction of sp³-hybridized carbons (Fsp3) is 0.875. The van der Waals surface area contributed by atoms with E-state index in [9.17, 15) is 0 Å². The summed E-state index contributed by atoms with van der Waals surface area (Å²) in [5.41, 5.74) is 4.26. The summed E-state index contributed by atoms with van der Waals surface area (Å²) in [7, 11) is 2.55. The first kappa shape index (κ1) is 11.8. The highest BCUT2D eigenvalue weighted by Crippen LogP contribution is 2.51. The number of nitrogens with zero attached hydrogens (tertiary/aromatic N) is 1. The zero-order chi connectivity index (χ0) is 12.1. The van der Waals surface area contributed by atoms with E-state index < -0.39 is 0 Å². The maximum Gasteiger partial charge on any atom is 0.118 e. The van der Waals surface area contributed by atoms with Crippen molar-refractivity contribution in [3.05, 3.63) is 11.1 Å². The van der Waals surface area contributed by atoms with Crippen molar-refractivity contribution < 1.29 is 4.48 Å². The molecule has 3 rings (SSSR count). The summed E-state index contributed by atoms with van der Waals surface area (Å²) in [5.74, 6) is 0.983. The van der Waals surface area contributed by atoms with Gasteiger partial charge in [-0.25, -0.2) is 0 Å². The minimum atomic E-state index is 0.510. The Hall–Kier alpha value is -0.300. The molecular weight excluding hydrogens is 206 g/mol. The molecule has 3 atom stereocenters. The van der Waals surface area contributed by atoms with Crippen LogP contribution in [0.3, 0.4) is 0 Å². The van der Waals surface area contributed by atoms with E-state index in [1.807, 2.05) is 11.1 Å². The lowest BCUT2D eigenvalue weighted by atomic mass is 9.72. The average Bonchev–Trinajstić information content (AvgIpc) is 2.79. The van der Waals surface area contributed by atoms with Crippen molar-refractivity contribution in [1.82, 2.24) is 0 Å². The Morgan fingerprint density at radius 1 is 1.29 bits per heavy atom. The van der Waals surface area contributed by atoms with Crippen molar-refractivity contribution in [2.24, 2.45) is 5.92 Å². The Balaban J connectivity index is 1.96. The fourth-order valence-corrected chi connectivity index (χ4v) is 4.88. The number of piperidine rings is 1. The maximum absolute atomic E-state index is 2.58. The van der Waals surface area contributed by atoms with Crippen molar-refractivity contribution in [2.45, 2.75) is 64.3 Å². The molecule has 96 valence electrons. The molecule has 0 spiro atoms. The molecule has 0 bridgehead atoms. The van der Waals surface area contributed by atoms with Crippen LogP contribution < -0.4 is 0 Å². The van der Waals surface area contributed by atoms with Gasteiger partial charge in [-0.15, -0.1) is 0 Å². The number of hydrogen-bond acceptors (Lipinski definition) is 0. The van der Waals surface area contributed by atoms with Crippen molar-refractivity contribution in [3.8, 4) is 0 Å². The first-order valence-electron chi connectivity index (χ1n) is 7.65. The Morgan fingerprint density at radius 3 is 2.88 bits per heavy atom. The van der Waals surface area contributed by atoms with Crippen molar-refractivity contribution in [2.75, 3.05) is 20.1 Å². The third-order valence-corrected chi connectivity index (χ3v) is 6.36. The summed E-state index contributed by atoms with van der Waals surface area (Å²) in [6.45, 7) is 7.80. The average molecular weight is 234 g/mol. The summed E-state index contributed by atoms with van der Waals surface area (Å²) < 4.78 is 1.35. The molecule has 2 heterocycles. The summed E-state index contributed by atoms with van der Waals surface area (Å²) in [6, 6.07) is 0. The van der Waals surface area contributed by atoms with Crippen LogP contribution in [0.15, 0.2) is 11.1 Å². The van der Waals surface area contributed by atoms with Gasteiger partial charge in [0.15, 0.2) is 0 Å². The van der Waals surface area contributed by atoms with Crippen LogP contribution in [-0.2, 0) is 0 Å². The van der Waals surface area contributed by atoms with Crippen LogP contribution in [0.5, 0.6) is 0 Å². The first-order valence-corrected chi connectivity index (χ1v) is 7.65. The second-order valence-corrected chi connectivity index (χ2v) is 7.07. The second-order valence-electron chi connectivity index (χ2n) is 7.07. The molecule has 0 unspecified atom stereocenters. The lowest BCUT2D eigenvalue weighted by molar-refractivity contribution is -0.961. The molecule has 1 aliphatic carbocycles. The molecular formula is C16H28N+. The number of quaternary nitrogens is 1. The van der Waals surface area contributed by atoms with Gasteiger partial charge in [-0.3, -0.25) is 0 Å². The van der Waals surface area contributed by atoms with Crippen molar-refractivity contribution in [1.29, 1.82) is 0 Å². The van der Waals surface area contributed by atoms with Crippen LogP contribution in [0.4, 0.5) is 0 Å². The highest BCUT2D eigenvalue weighted by Gasteiger charge is 2.54. The van der Waals surface area contributed by atoms with Gasteiger partial charge < -0.3 is 4.48 Å². The number of hydrogen-bond donors (Lipinski definition) is 0. The molecule has 3 aliphatic rings. The van der Waals surface area contributed by atoms with E-state index in [1.165, 1.54) is 62.5 Å². The molecule has 0 amide bonds. The van der Waals surface area contributed by atoms with Crippen LogP contribution in [0.1, 0.15) is 58.8 Å². The van der Waals surface area contributed by atoms with E-state index in [-0.39, 0.29) is 0 Å². The standard InChI is InChI=1S/C16H28N/c1-4-13-8-10-16(2)15-7-5-6-14(15)9-11-17(16,3)12-13/h13H,4-12H2,1-3H3/q+1/t13-,16+,17+/m1/s1. The van der Waals surface area contributed by atoms with E-state index in [0.717, 1.165) is 5.92 Å². The molecule has 1 heteroatoms. The zero-order valence-electron chi connectivity index (χ0n) is 11.9. The lowest BCUT2D eigenvalue weighted by Gasteiger charge is -2.57. The Labute approximate surface area is 106 Å². The lowest BCUT2D eigenvalue weighted by Crippen LogP contribution is -2.67. The number of rotatable bonds is 1. The first-order chi connectivity index (χ1) is 8.09. The monoisotopic (exact) mass is 234 g/mol. The topological polar surface area (TPSA) is 0 Å². The van der Waals surface area contributed by atoms with Gasteiger partial charge in [0.1, 0.15) is 5.54 Å². The molecule has 0 saturated carbocycles. The highest BCUT2D eigenvalue weighted by molar-refractivity contribution is 5.30. The van der Waals surface area contributed by atoms with Gasteiger partial charge >= 0.3 is 0 Å². The minimum absolute atomic E-state index is 0.510. The molecule has 17 heavy (non-hydrogen) atoms. The molecule has 1 fully saturated rings. The third-order valence-electron chi connectivity index (χ3n) is 6.36. The van der Waals surface area contributed by atoms with Crippen LogP contribution >= 0.6 is 0 Å². The van der Waals surface area contributed by atoms with Crippen LogP contribution in [0, 0.1) is 5.92 Å². The largest absolute Gasteiger partial charge is 0.317 e. The van der Waals surface area contributed by atoms with Gasteiger partial charge in [-0.1, -0.05) is 12.5 Å². The summed E-state index contributed by atoms with van der Waals surface area (Å²) in [5, 5.41) is 0. The van der Waals surface area contributed by atoms with Gasteiger partial charge in [0.2, 0.25) is 0 Å². The summed E-state index contributed by atoms with van der Waals surface area (Å²) in [4.78, 5) is 0. The van der Waals surface area contributed by atoms with Crippen LogP contribution in [0.2, 0.25) is 0 Å². The Bertz CT molecular complexity index is 357. The van der Waals surface area contributed by atoms with Crippen molar-refractivity contribution in [3.63, 3.8) is 0 Å². The normalized spacial score (nSPS) is 45.7. The Morgan fingerprint density at radius 2 is 2.12 bits per heavy atom. The molecule has 0 aromatic heterocycles. The number of likely N-dealkylation sites (N-methyl/N-ethyl adjacent to an activating group) is 1. The summed E-state index contributed by atoms with van der Waals surface area (Å²) in [6.07, 6.45) is 9.97. The predicted molar refractivity (Wildman–Crippen MR) is 72.8 cm³/mol. The highest BCUT2D eigenvalue weighted by atomic mass is 15.4. The van der Waals surface area contributed by atoms with Gasteiger partial charge in [0.05, 0.1) is 20.1 Å². The van der Waals surface area contributed by atoms with E-state index in [1.54, 1.807) is 0 Å². The van der Waals surface area contributed by atoms with Gasteiger partial charge in [0.25, 0.3) is 0 Å². The smallest absolute Gasteiger partial charge is 0.118 e. The van der Waals surface area contributed by atoms with Gasteiger partial charge in [0, 0.05) is 18.8 Å². The molecule has 1 nitrogen and oxygen atoms in total. The third kappa shape index (κ3) is 1.54. The SMILES string of the molecule is CC[C@@H]1CC[C@@]2(C)C3=C(CCC3)CC[N@@+]2(C)C1. The van der Waals surface area contributed by atoms with E-state index in [0.29, 0.717) is 5.54 Å². The predicted octanol–water partition coefficient (Wildman–Crippen LogP) is 3.90. The minimum Gasteiger partial charge on any atom is -0.317 e.